The molecule has 1 rings (SSSR count). The SMILES string of the molecule is O=C(N=S(=O)=O)Nc1ccncn1. The molecule has 0 spiro atoms. The lowest BCUT2D eigenvalue weighted by atomic mass is 10.6. The summed E-state index contributed by atoms with van der Waals surface area (Å²) in [5.74, 6) is 0.189. The molecule has 1 heterocycles. The van der Waals surface area contributed by atoms with Gasteiger partial charge in [0.1, 0.15) is 12.1 Å². The molecule has 1 N–H and O–H groups in total. The summed E-state index contributed by atoms with van der Waals surface area (Å²) in [6.45, 7) is 0. The van der Waals surface area contributed by atoms with Gasteiger partial charge in [-0.3, -0.25) is 5.32 Å². The number of aromatic nitrogens is 2. The number of hydrogen-bond acceptors (Lipinski definition) is 5. The molecule has 1 aromatic heterocycles. The molecule has 8 heteroatoms. The molecule has 1 aromatic rings. The number of anilines is 1. The number of hydrogen-bond donors (Lipinski definition) is 1. The maximum absolute atomic E-state index is 10.7. The Labute approximate surface area is 74.5 Å². The molecule has 0 saturated carbocycles. The Morgan fingerprint density at radius 3 is 2.85 bits per heavy atom. The molecule has 0 saturated heterocycles. The Kier molecular flexibility index (Phi) is 3.03. The second-order valence-electron chi connectivity index (χ2n) is 1.83. The lowest BCUT2D eigenvalue weighted by molar-refractivity contribution is 0.260. The molecule has 0 aliphatic rings. The summed E-state index contributed by atoms with van der Waals surface area (Å²) in [7, 11) is -2.75. The molecule has 0 aliphatic carbocycles. The Morgan fingerprint density at radius 1 is 1.54 bits per heavy atom. The van der Waals surface area contributed by atoms with Gasteiger partial charge in [0.05, 0.1) is 0 Å². The van der Waals surface area contributed by atoms with E-state index in [0.717, 1.165) is 0 Å². The van der Waals surface area contributed by atoms with Crippen LogP contribution in [0, 0.1) is 0 Å². The van der Waals surface area contributed by atoms with Crippen LogP contribution in [0.1, 0.15) is 0 Å². The Bertz CT molecular complexity index is 418. The number of carbonyl (C=O) groups excluding carboxylic acids is 1. The van der Waals surface area contributed by atoms with Gasteiger partial charge in [-0.2, -0.15) is 8.42 Å². The van der Waals surface area contributed by atoms with Crippen molar-refractivity contribution in [2.24, 2.45) is 4.36 Å². The van der Waals surface area contributed by atoms with Crippen molar-refractivity contribution in [2.45, 2.75) is 0 Å². The van der Waals surface area contributed by atoms with Crippen molar-refractivity contribution < 1.29 is 13.2 Å². The zero-order valence-electron chi connectivity index (χ0n) is 6.21. The van der Waals surface area contributed by atoms with Crippen LogP contribution < -0.4 is 5.32 Å². The Hall–Kier alpha value is -1.83. The van der Waals surface area contributed by atoms with E-state index in [4.69, 9.17) is 0 Å². The maximum Gasteiger partial charge on any atom is 0.361 e. The van der Waals surface area contributed by atoms with Gasteiger partial charge in [-0.1, -0.05) is 4.36 Å². The molecule has 0 fully saturated rings. The molecule has 7 nitrogen and oxygen atoms in total. The van der Waals surface area contributed by atoms with Crippen LogP contribution in [0.3, 0.4) is 0 Å². The minimum Gasteiger partial charge on any atom is -0.289 e. The summed E-state index contributed by atoms with van der Waals surface area (Å²) in [6.07, 6.45) is 2.61. The summed E-state index contributed by atoms with van der Waals surface area (Å²) >= 11 is 0. The Morgan fingerprint density at radius 2 is 2.31 bits per heavy atom. The van der Waals surface area contributed by atoms with Crippen molar-refractivity contribution in [1.82, 2.24) is 9.97 Å². The molecular weight excluding hydrogens is 196 g/mol. The van der Waals surface area contributed by atoms with Crippen molar-refractivity contribution in [3.05, 3.63) is 18.6 Å². The monoisotopic (exact) mass is 200 g/mol. The minimum absolute atomic E-state index is 0.189. The molecule has 0 unspecified atom stereocenters. The molecule has 0 aliphatic heterocycles. The predicted molar refractivity (Wildman–Crippen MR) is 42.4 cm³/mol. The fourth-order valence-corrected chi connectivity index (χ4v) is 0.746. The van der Waals surface area contributed by atoms with E-state index >= 15 is 0 Å². The smallest absolute Gasteiger partial charge is 0.289 e. The van der Waals surface area contributed by atoms with Gasteiger partial charge in [0.25, 0.3) is 0 Å². The van der Waals surface area contributed by atoms with Gasteiger partial charge < -0.3 is 0 Å². The summed E-state index contributed by atoms with van der Waals surface area (Å²) in [4.78, 5) is 17.9. The van der Waals surface area contributed by atoms with Crippen LogP contribution >= 0.6 is 0 Å². The maximum atomic E-state index is 10.7. The normalized spacial score (nSPS) is 8.92. The number of nitrogens with zero attached hydrogens (tertiary/aromatic N) is 3. The highest BCUT2D eigenvalue weighted by Gasteiger charge is 1.99. The molecule has 13 heavy (non-hydrogen) atoms. The number of nitrogens with one attached hydrogen (secondary N) is 1. The highest BCUT2D eigenvalue weighted by atomic mass is 32.2. The summed E-state index contributed by atoms with van der Waals surface area (Å²) in [6, 6.07) is 0.410. The first-order valence-corrected chi connectivity index (χ1v) is 4.10. The van der Waals surface area contributed by atoms with Gasteiger partial charge in [-0.05, 0) is 6.07 Å². The van der Waals surface area contributed by atoms with E-state index in [0.29, 0.717) is 0 Å². The molecule has 68 valence electrons. The topological polar surface area (TPSA) is 101 Å². The average molecular weight is 200 g/mol. The van der Waals surface area contributed by atoms with E-state index in [1.54, 1.807) is 0 Å². The fraction of sp³-hybridized carbons (Fsp3) is 0. The third-order valence-corrected chi connectivity index (χ3v) is 1.29. The van der Waals surface area contributed by atoms with Gasteiger partial charge in [0.2, 0.25) is 0 Å². The predicted octanol–water partition coefficient (Wildman–Crippen LogP) is 0.0712. The Balaban J connectivity index is 2.72. The van der Waals surface area contributed by atoms with Gasteiger partial charge >= 0.3 is 16.5 Å². The van der Waals surface area contributed by atoms with Crippen LogP contribution in [0.2, 0.25) is 0 Å². The van der Waals surface area contributed by atoms with E-state index in [1.807, 2.05) is 0 Å². The molecule has 2 amide bonds. The van der Waals surface area contributed by atoms with Crippen molar-refractivity contribution in [3.8, 4) is 0 Å². The average Bonchev–Trinajstić information content (AvgIpc) is 2.04. The first kappa shape index (κ1) is 9.26. The molecule has 0 aromatic carbocycles. The lowest BCUT2D eigenvalue weighted by Gasteiger charge is -1.95. The minimum atomic E-state index is -2.75. The zero-order chi connectivity index (χ0) is 9.68. The number of amides is 2. The van der Waals surface area contributed by atoms with Gasteiger partial charge in [0.15, 0.2) is 0 Å². The first-order chi connectivity index (χ1) is 6.18. The van der Waals surface area contributed by atoms with Crippen LogP contribution in [0.5, 0.6) is 0 Å². The van der Waals surface area contributed by atoms with Crippen molar-refractivity contribution in [2.75, 3.05) is 5.32 Å². The highest BCUT2D eigenvalue weighted by molar-refractivity contribution is 7.62. The molecule has 0 bridgehead atoms. The van der Waals surface area contributed by atoms with E-state index in [1.165, 1.54) is 18.6 Å². The largest absolute Gasteiger partial charge is 0.361 e. The number of carbonyl (C=O) groups is 1. The van der Waals surface area contributed by atoms with Crippen LogP contribution in [0.25, 0.3) is 0 Å². The first-order valence-electron chi connectivity index (χ1n) is 3.06. The summed E-state index contributed by atoms with van der Waals surface area (Å²) in [5, 5.41) is 2.12. The van der Waals surface area contributed by atoms with E-state index in [9.17, 15) is 13.2 Å². The number of rotatable bonds is 1. The third kappa shape index (κ3) is 3.38. The number of urea groups is 1. The second kappa shape index (κ2) is 4.26. The summed E-state index contributed by atoms with van der Waals surface area (Å²) < 4.78 is 22.6. The highest BCUT2D eigenvalue weighted by Crippen LogP contribution is 1.97. The van der Waals surface area contributed by atoms with Gasteiger partial charge in [-0.25, -0.2) is 14.8 Å². The quantitative estimate of drug-likeness (QED) is 0.691. The third-order valence-electron chi connectivity index (χ3n) is 0.974. The summed E-state index contributed by atoms with van der Waals surface area (Å²) in [5.41, 5.74) is 0. The van der Waals surface area contributed by atoms with Crippen LogP contribution in [-0.4, -0.2) is 24.4 Å². The second-order valence-corrected chi connectivity index (χ2v) is 2.45. The van der Waals surface area contributed by atoms with Crippen molar-refractivity contribution >= 4 is 22.3 Å². The van der Waals surface area contributed by atoms with Crippen molar-refractivity contribution in [3.63, 3.8) is 0 Å². The van der Waals surface area contributed by atoms with Crippen LogP contribution in [0.15, 0.2) is 23.0 Å². The lowest BCUT2D eigenvalue weighted by Crippen LogP contribution is -2.06. The van der Waals surface area contributed by atoms with E-state index < -0.39 is 16.5 Å². The molecular formula is C5H4N4O3S. The van der Waals surface area contributed by atoms with E-state index in [-0.39, 0.29) is 5.82 Å². The van der Waals surface area contributed by atoms with E-state index in [2.05, 4.69) is 19.6 Å². The fourth-order valence-electron chi connectivity index (χ4n) is 0.565. The molecule has 0 radical (unpaired) electrons. The molecule has 0 atom stereocenters. The van der Waals surface area contributed by atoms with Gasteiger partial charge in [-0.15, -0.1) is 0 Å². The van der Waals surface area contributed by atoms with Crippen LogP contribution in [-0.2, 0) is 10.5 Å². The standard InChI is InChI=1S/C5H4N4O3S/c10-5(9-13(11)12)8-4-1-2-6-3-7-4/h1-3H,(H,6,7,8,10). The van der Waals surface area contributed by atoms with Crippen LogP contribution in [0.4, 0.5) is 10.6 Å². The van der Waals surface area contributed by atoms with Gasteiger partial charge in [0, 0.05) is 6.20 Å². The zero-order valence-corrected chi connectivity index (χ0v) is 7.02. The van der Waals surface area contributed by atoms with Crippen molar-refractivity contribution in [1.29, 1.82) is 0 Å².